The molecular formula is C25H26N6O4S. The Morgan fingerprint density at radius 3 is 2.92 bits per heavy atom. The van der Waals surface area contributed by atoms with E-state index >= 15 is 0 Å². The number of aromatic nitrogens is 2. The first kappa shape index (κ1) is 22.5. The molecule has 3 aromatic rings. The van der Waals surface area contributed by atoms with Crippen LogP contribution in [0.4, 0.5) is 10.5 Å². The van der Waals surface area contributed by atoms with Gasteiger partial charge in [-0.2, -0.15) is 13.5 Å². The molecule has 3 heterocycles. The lowest BCUT2D eigenvalue weighted by molar-refractivity contribution is 0.205. The van der Waals surface area contributed by atoms with E-state index in [1.807, 2.05) is 31.3 Å². The number of fused-ring (bicyclic) bond motifs is 2. The van der Waals surface area contributed by atoms with Gasteiger partial charge in [-0.3, -0.25) is 5.43 Å². The number of hydrogen-bond donors (Lipinski definition) is 4. The van der Waals surface area contributed by atoms with Crippen molar-refractivity contribution in [2.45, 2.75) is 45.1 Å². The molecule has 36 heavy (non-hydrogen) atoms. The van der Waals surface area contributed by atoms with Gasteiger partial charge in [0.05, 0.1) is 23.5 Å². The van der Waals surface area contributed by atoms with E-state index in [0.29, 0.717) is 11.4 Å². The van der Waals surface area contributed by atoms with Gasteiger partial charge in [0.25, 0.3) is 10.0 Å². The van der Waals surface area contributed by atoms with Crippen molar-refractivity contribution in [3.8, 4) is 11.1 Å². The van der Waals surface area contributed by atoms with Crippen molar-refractivity contribution in [2.24, 2.45) is 0 Å². The van der Waals surface area contributed by atoms with Crippen LogP contribution in [0.15, 0.2) is 59.7 Å². The number of hydrogen-bond acceptors (Lipinski definition) is 7. The number of pyridine rings is 1. The van der Waals surface area contributed by atoms with Gasteiger partial charge in [0.2, 0.25) is 0 Å². The summed E-state index contributed by atoms with van der Waals surface area (Å²) >= 11 is 0. The smallest absolute Gasteiger partial charge is 0.333 e. The van der Waals surface area contributed by atoms with Crippen LogP contribution in [0.2, 0.25) is 0 Å². The maximum atomic E-state index is 13.1. The lowest BCUT2D eigenvalue weighted by atomic mass is 9.93. The molecule has 0 spiro atoms. The molecule has 186 valence electrons. The summed E-state index contributed by atoms with van der Waals surface area (Å²) in [4.78, 5) is 13.1. The summed E-state index contributed by atoms with van der Waals surface area (Å²) in [7, 11) is -4.18. The third-order valence-electron chi connectivity index (χ3n) is 6.55. The van der Waals surface area contributed by atoms with E-state index in [4.69, 9.17) is 4.74 Å². The molecule has 10 nitrogen and oxygen atoms in total. The van der Waals surface area contributed by atoms with Crippen molar-refractivity contribution in [2.75, 3.05) is 5.32 Å². The normalized spacial score (nSPS) is 16.9. The van der Waals surface area contributed by atoms with Gasteiger partial charge in [-0.15, -0.1) is 0 Å². The van der Waals surface area contributed by atoms with Crippen molar-refractivity contribution in [3.05, 3.63) is 76.4 Å². The summed E-state index contributed by atoms with van der Waals surface area (Å²) in [5, 5.41) is 6.93. The Hall–Kier alpha value is -3.99. The monoisotopic (exact) mass is 506 g/mol. The summed E-state index contributed by atoms with van der Waals surface area (Å²) in [6.07, 6.45) is 11.2. The third-order valence-corrected chi connectivity index (χ3v) is 7.80. The van der Waals surface area contributed by atoms with Crippen LogP contribution < -0.4 is 20.9 Å². The number of rotatable bonds is 6. The lowest BCUT2D eigenvalue weighted by Crippen LogP contribution is -2.42. The van der Waals surface area contributed by atoms with Gasteiger partial charge in [-0.05, 0) is 79.5 Å². The molecule has 1 aliphatic heterocycles. The van der Waals surface area contributed by atoms with Crippen LogP contribution in [-0.4, -0.2) is 30.2 Å². The summed E-state index contributed by atoms with van der Waals surface area (Å²) in [6.45, 7) is 2.00. The minimum atomic E-state index is -4.18. The van der Waals surface area contributed by atoms with E-state index in [-0.39, 0.29) is 11.1 Å². The Morgan fingerprint density at radius 1 is 1.22 bits per heavy atom. The van der Waals surface area contributed by atoms with Crippen LogP contribution in [0.3, 0.4) is 0 Å². The maximum absolute atomic E-state index is 13.1. The number of amides is 2. The summed E-state index contributed by atoms with van der Waals surface area (Å²) < 4.78 is 35.5. The minimum Gasteiger partial charge on any atom is -0.489 e. The van der Waals surface area contributed by atoms with Crippen LogP contribution in [-0.2, 0) is 27.6 Å². The zero-order valence-electron chi connectivity index (χ0n) is 19.7. The Balaban J connectivity index is 1.30. The van der Waals surface area contributed by atoms with Crippen molar-refractivity contribution in [3.63, 3.8) is 0 Å². The molecule has 1 aromatic carbocycles. The molecule has 1 saturated carbocycles. The van der Waals surface area contributed by atoms with E-state index in [1.54, 1.807) is 10.7 Å². The van der Waals surface area contributed by atoms with E-state index in [0.717, 1.165) is 59.9 Å². The predicted octanol–water partition coefficient (Wildman–Crippen LogP) is 3.22. The summed E-state index contributed by atoms with van der Waals surface area (Å²) in [5.74, 6) is 0.395. The third kappa shape index (κ3) is 4.26. The van der Waals surface area contributed by atoms with Crippen LogP contribution in [0.1, 0.15) is 36.0 Å². The number of benzene rings is 1. The molecule has 0 saturated heterocycles. The highest BCUT2D eigenvalue weighted by atomic mass is 32.2. The van der Waals surface area contributed by atoms with Gasteiger partial charge in [0.1, 0.15) is 5.76 Å². The molecule has 0 atom stereocenters. The number of sulfonamides is 1. The highest BCUT2D eigenvalue weighted by Crippen LogP contribution is 2.40. The first-order chi connectivity index (χ1) is 17.4. The number of anilines is 1. The summed E-state index contributed by atoms with van der Waals surface area (Å²) in [5.41, 5.74) is 11.8. The molecule has 3 aliphatic rings. The molecule has 0 unspecified atom stereocenters. The number of carbonyl (C=O) groups is 1. The van der Waals surface area contributed by atoms with E-state index in [2.05, 4.69) is 32.1 Å². The van der Waals surface area contributed by atoms with Crippen molar-refractivity contribution in [1.82, 2.24) is 25.2 Å². The zero-order valence-corrected chi connectivity index (χ0v) is 20.5. The Bertz CT molecular complexity index is 1550. The van der Waals surface area contributed by atoms with Crippen LogP contribution in [0.5, 0.6) is 0 Å². The molecule has 2 amide bonds. The minimum absolute atomic E-state index is 0.108. The van der Waals surface area contributed by atoms with E-state index in [9.17, 15) is 13.2 Å². The Kier molecular flexibility index (Phi) is 5.36. The highest BCUT2D eigenvalue weighted by molar-refractivity contribution is 7.93. The largest absolute Gasteiger partial charge is 0.489 e. The number of allylic oxidation sites excluding steroid dienone is 1. The maximum Gasteiger partial charge on any atom is 0.333 e. The molecule has 4 N–H and O–H groups in total. The average Bonchev–Trinajstić information content (AvgIpc) is 3.32. The van der Waals surface area contributed by atoms with Crippen molar-refractivity contribution >= 4 is 27.3 Å². The van der Waals surface area contributed by atoms with Gasteiger partial charge in [0.15, 0.2) is 5.03 Å². The molecule has 6 rings (SSSR count). The molecule has 1 fully saturated rings. The standard InChI is InChI=1S/C25H26N6O4S/c1-15-11-16-3-2-4-21(16)24(23(15)17-8-10-31-18(12-17)7-9-27-31)28-25(32)30-36(33,34)22-13-20(14-26-29-22)35-19-5-6-19/h7-14,19,26,29H,2-6H2,1H3,(H2,28,30,32). The summed E-state index contributed by atoms with van der Waals surface area (Å²) in [6, 6.07) is 7.19. The number of nitrogens with one attached hydrogen (secondary N) is 4. The number of ether oxygens (including phenoxy) is 1. The highest BCUT2D eigenvalue weighted by Gasteiger charge is 2.29. The first-order valence-corrected chi connectivity index (χ1v) is 13.4. The molecule has 0 bridgehead atoms. The number of urea groups is 1. The van der Waals surface area contributed by atoms with Gasteiger partial charge in [-0.25, -0.2) is 14.0 Å². The molecule has 2 aromatic heterocycles. The number of nitrogens with zero attached hydrogens (tertiary/aromatic N) is 2. The van der Waals surface area contributed by atoms with Crippen molar-refractivity contribution < 1.29 is 17.9 Å². The average molecular weight is 507 g/mol. The second kappa shape index (κ2) is 8.59. The Morgan fingerprint density at radius 2 is 2.08 bits per heavy atom. The van der Waals surface area contributed by atoms with Crippen molar-refractivity contribution in [1.29, 1.82) is 0 Å². The van der Waals surface area contributed by atoms with E-state index < -0.39 is 16.1 Å². The van der Waals surface area contributed by atoms with Crippen LogP contribution >= 0.6 is 0 Å². The fourth-order valence-electron chi connectivity index (χ4n) is 4.77. The molecule has 11 heteroatoms. The van der Waals surface area contributed by atoms with E-state index in [1.165, 1.54) is 17.8 Å². The number of hydrazine groups is 1. The second-order valence-electron chi connectivity index (χ2n) is 9.25. The van der Waals surface area contributed by atoms with Gasteiger partial charge in [-0.1, -0.05) is 6.07 Å². The molecular weight excluding hydrogens is 480 g/mol. The zero-order chi connectivity index (χ0) is 24.9. The number of carbonyl (C=O) groups excluding carboxylic acids is 1. The molecule has 0 radical (unpaired) electrons. The topological polar surface area (TPSA) is 126 Å². The number of aryl methyl sites for hydroxylation is 2. The van der Waals surface area contributed by atoms with Gasteiger partial charge in [0, 0.05) is 24.0 Å². The fraction of sp³-hybridized carbons (Fsp3) is 0.280. The first-order valence-electron chi connectivity index (χ1n) is 11.9. The SMILES string of the molecule is Cc1cc2c(c(NC(=O)NS(=O)(=O)C3=CC(OC4CC4)=CNN3)c1-c1ccn3nccc3c1)CCC2. The predicted molar refractivity (Wildman–Crippen MR) is 135 cm³/mol. The lowest BCUT2D eigenvalue weighted by Gasteiger charge is -2.21. The second-order valence-corrected chi connectivity index (χ2v) is 10.9. The van der Waals surface area contributed by atoms with Gasteiger partial charge < -0.3 is 15.5 Å². The fourth-order valence-corrected chi connectivity index (χ4v) is 5.64. The quantitative estimate of drug-likeness (QED) is 0.404. The molecule has 2 aliphatic carbocycles. The van der Waals surface area contributed by atoms with Gasteiger partial charge >= 0.3 is 6.03 Å². The van der Waals surface area contributed by atoms with Crippen LogP contribution in [0.25, 0.3) is 16.6 Å². The Labute approximate surface area is 208 Å². The van der Waals surface area contributed by atoms with Crippen LogP contribution in [0, 0.1) is 6.92 Å².